The molecule has 1 saturated heterocycles. The molecule has 1 fully saturated rings. The number of carbonyl (C=O) groups is 1. The van der Waals surface area contributed by atoms with E-state index in [0.717, 1.165) is 19.5 Å². The molecular weight excluding hydrogens is 236 g/mol. The lowest BCUT2D eigenvalue weighted by molar-refractivity contribution is -0.119. The first-order valence-electron chi connectivity index (χ1n) is 7.15. The molecule has 1 aliphatic rings. The van der Waals surface area contributed by atoms with Crippen LogP contribution in [0.15, 0.2) is 30.3 Å². The maximum absolute atomic E-state index is 11.8. The lowest BCUT2D eigenvalue weighted by Gasteiger charge is -2.30. The Morgan fingerprint density at radius 3 is 2.74 bits per heavy atom. The highest BCUT2D eigenvalue weighted by Gasteiger charge is 2.24. The van der Waals surface area contributed by atoms with Gasteiger partial charge in [0.25, 0.3) is 0 Å². The van der Waals surface area contributed by atoms with Crippen molar-refractivity contribution in [3.63, 3.8) is 0 Å². The van der Waals surface area contributed by atoms with E-state index in [9.17, 15) is 4.79 Å². The summed E-state index contributed by atoms with van der Waals surface area (Å²) in [6.07, 6.45) is 1.13. The minimum atomic E-state index is 0.294. The van der Waals surface area contributed by atoms with E-state index in [1.807, 2.05) is 6.07 Å². The van der Waals surface area contributed by atoms with E-state index >= 15 is 0 Å². The SMILES string of the molecule is CC(C)CC1CNCC(=O)CN1Cc1ccccc1. The van der Waals surface area contributed by atoms with Crippen molar-refractivity contribution in [2.45, 2.75) is 32.9 Å². The molecule has 1 aromatic carbocycles. The molecule has 2 rings (SSSR count). The first-order valence-corrected chi connectivity index (χ1v) is 7.15. The number of carbonyl (C=O) groups excluding carboxylic acids is 1. The van der Waals surface area contributed by atoms with Crippen molar-refractivity contribution in [3.8, 4) is 0 Å². The van der Waals surface area contributed by atoms with Crippen LogP contribution in [0.2, 0.25) is 0 Å². The summed E-state index contributed by atoms with van der Waals surface area (Å²) in [6, 6.07) is 10.9. The lowest BCUT2D eigenvalue weighted by atomic mass is 10.0. The Bertz CT molecular complexity index is 402. The molecule has 3 heteroatoms. The minimum Gasteiger partial charge on any atom is -0.308 e. The van der Waals surface area contributed by atoms with Crippen molar-refractivity contribution in [1.29, 1.82) is 0 Å². The van der Waals surface area contributed by atoms with E-state index in [-0.39, 0.29) is 0 Å². The average molecular weight is 260 g/mol. The maximum atomic E-state index is 11.8. The van der Waals surface area contributed by atoms with Crippen LogP contribution >= 0.6 is 0 Å². The number of nitrogens with one attached hydrogen (secondary N) is 1. The molecule has 0 spiro atoms. The Balaban J connectivity index is 2.08. The minimum absolute atomic E-state index is 0.294. The van der Waals surface area contributed by atoms with Gasteiger partial charge in [0.05, 0.1) is 13.1 Å². The van der Waals surface area contributed by atoms with Gasteiger partial charge in [0.2, 0.25) is 0 Å². The van der Waals surface area contributed by atoms with Gasteiger partial charge in [-0.1, -0.05) is 44.2 Å². The number of Topliss-reactive ketones (excluding diaryl/α,β-unsaturated/α-hetero) is 1. The van der Waals surface area contributed by atoms with Gasteiger partial charge in [-0.05, 0) is 17.9 Å². The number of benzene rings is 1. The van der Waals surface area contributed by atoms with Gasteiger partial charge < -0.3 is 5.32 Å². The van der Waals surface area contributed by atoms with Gasteiger partial charge in [-0.3, -0.25) is 9.69 Å². The highest BCUT2D eigenvalue weighted by molar-refractivity contribution is 5.82. The van der Waals surface area contributed by atoms with Crippen molar-refractivity contribution in [2.75, 3.05) is 19.6 Å². The van der Waals surface area contributed by atoms with E-state index in [1.165, 1.54) is 5.56 Å². The van der Waals surface area contributed by atoms with Crippen LogP contribution in [-0.4, -0.2) is 36.4 Å². The number of nitrogens with zero attached hydrogens (tertiary/aromatic N) is 1. The van der Waals surface area contributed by atoms with Crippen LogP contribution in [0.25, 0.3) is 0 Å². The smallest absolute Gasteiger partial charge is 0.160 e. The van der Waals surface area contributed by atoms with Gasteiger partial charge in [0, 0.05) is 19.1 Å². The molecule has 19 heavy (non-hydrogen) atoms. The van der Waals surface area contributed by atoms with Crippen molar-refractivity contribution in [3.05, 3.63) is 35.9 Å². The molecular formula is C16H24N2O. The van der Waals surface area contributed by atoms with E-state index in [1.54, 1.807) is 0 Å². The van der Waals surface area contributed by atoms with Gasteiger partial charge >= 0.3 is 0 Å². The number of hydrogen-bond acceptors (Lipinski definition) is 3. The summed E-state index contributed by atoms with van der Waals surface area (Å²) in [7, 11) is 0. The topological polar surface area (TPSA) is 32.3 Å². The first-order chi connectivity index (χ1) is 9.15. The number of hydrogen-bond donors (Lipinski definition) is 1. The molecule has 0 saturated carbocycles. The number of rotatable bonds is 4. The molecule has 1 atom stereocenters. The van der Waals surface area contributed by atoms with Crippen LogP contribution in [0.3, 0.4) is 0 Å². The monoisotopic (exact) mass is 260 g/mol. The van der Waals surface area contributed by atoms with Crippen molar-refractivity contribution >= 4 is 5.78 Å². The van der Waals surface area contributed by atoms with Crippen LogP contribution < -0.4 is 5.32 Å². The zero-order chi connectivity index (χ0) is 13.7. The first kappa shape index (κ1) is 14.2. The van der Waals surface area contributed by atoms with Crippen molar-refractivity contribution in [2.24, 2.45) is 5.92 Å². The summed E-state index contributed by atoms with van der Waals surface area (Å²) in [5.74, 6) is 0.945. The summed E-state index contributed by atoms with van der Waals surface area (Å²) in [5.41, 5.74) is 1.28. The second-order valence-electron chi connectivity index (χ2n) is 5.84. The van der Waals surface area contributed by atoms with E-state index in [2.05, 4.69) is 48.3 Å². The van der Waals surface area contributed by atoms with Crippen LogP contribution in [0, 0.1) is 5.92 Å². The van der Waals surface area contributed by atoms with Crippen LogP contribution in [0.1, 0.15) is 25.8 Å². The molecule has 3 nitrogen and oxygen atoms in total. The number of ketones is 1. The third-order valence-electron chi connectivity index (χ3n) is 3.57. The fourth-order valence-corrected chi connectivity index (χ4v) is 2.70. The lowest BCUT2D eigenvalue weighted by Crippen LogP contribution is -2.40. The molecule has 104 valence electrons. The molecule has 1 aliphatic heterocycles. The van der Waals surface area contributed by atoms with Gasteiger partial charge in [0.15, 0.2) is 5.78 Å². The Morgan fingerprint density at radius 1 is 1.32 bits per heavy atom. The summed E-state index contributed by atoms with van der Waals surface area (Å²) in [5, 5.41) is 3.28. The molecule has 1 heterocycles. The summed E-state index contributed by atoms with van der Waals surface area (Å²) in [4.78, 5) is 14.1. The molecule has 0 aliphatic carbocycles. The highest BCUT2D eigenvalue weighted by atomic mass is 16.1. The van der Waals surface area contributed by atoms with Crippen molar-refractivity contribution < 1.29 is 4.79 Å². The second-order valence-corrected chi connectivity index (χ2v) is 5.84. The van der Waals surface area contributed by atoms with Crippen LogP contribution in [0.4, 0.5) is 0 Å². The Hall–Kier alpha value is -1.19. The molecule has 1 unspecified atom stereocenters. The van der Waals surface area contributed by atoms with Crippen molar-refractivity contribution in [1.82, 2.24) is 10.2 Å². The Kier molecular flexibility index (Phi) is 5.11. The molecule has 0 bridgehead atoms. The van der Waals surface area contributed by atoms with E-state index < -0.39 is 0 Å². The molecule has 0 amide bonds. The zero-order valence-corrected chi connectivity index (χ0v) is 11.9. The van der Waals surface area contributed by atoms with E-state index in [0.29, 0.717) is 30.8 Å². The second kappa shape index (κ2) is 6.83. The maximum Gasteiger partial charge on any atom is 0.160 e. The van der Waals surface area contributed by atoms with Crippen LogP contribution in [-0.2, 0) is 11.3 Å². The predicted octanol–water partition coefficient (Wildman–Crippen LogP) is 2.08. The molecule has 0 aromatic heterocycles. The van der Waals surface area contributed by atoms with Gasteiger partial charge in [-0.2, -0.15) is 0 Å². The molecule has 1 aromatic rings. The van der Waals surface area contributed by atoms with Crippen LogP contribution in [0.5, 0.6) is 0 Å². The largest absolute Gasteiger partial charge is 0.308 e. The van der Waals surface area contributed by atoms with Gasteiger partial charge in [0.1, 0.15) is 0 Å². The molecule has 1 N–H and O–H groups in total. The predicted molar refractivity (Wildman–Crippen MR) is 78.0 cm³/mol. The normalized spacial score (nSPS) is 21.6. The third kappa shape index (κ3) is 4.44. The third-order valence-corrected chi connectivity index (χ3v) is 3.57. The standard InChI is InChI=1S/C16H24N2O/c1-13(2)8-15-9-17-10-16(19)12-18(15)11-14-6-4-3-5-7-14/h3-7,13,15,17H,8-12H2,1-2H3. The Morgan fingerprint density at radius 2 is 2.05 bits per heavy atom. The highest BCUT2D eigenvalue weighted by Crippen LogP contribution is 2.16. The summed E-state index contributed by atoms with van der Waals surface area (Å²) in [6.45, 7) is 7.35. The Labute approximate surface area is 116 Å². The average Bonchev–Trinajstić information content (AvgIpc) is 2.53. The zero-order valence-electron chi connectivity index (χ0n) is 11.9. The molecule has 0 radical (unpaired) electrons. The summed E-state index contributed by atoms with van der Waals surface area (Å²) < 4.78 is 0. The van der Waals surface area contributed by atoms with Gasteiger partial charge in [-0.25, -0.2) is 0 Å². The van der Waals surface area contributed by atoms with E-state index in [4.69, 9.17) is 0 Å². The van der Waals surface area contributed by atoms with Gasteiger partial charge in [-0.15, -0.1) is 0 Å². The quantitative estimate of drug-likeness (QED) is 0.899. The summed E-state index contributed by atoms with van der Waals surface area (Å²) >= 11 is 0. The fraction of sp³-hybridized carbons (Fsp3) is 0.562. The fourth-order valence-electron chi connectivity index (χ4n) is 2.70.